The first kappa shape index (κ1) is 22.1. The van der Waals surface area contributed by atoms with Gasteiger partial charge in [-0.25, -0.2) is 0 Å². The molecular weight excluding hydrogens is 446 g/mol. The summed E-state index contributed by atoms with van der Waals surface area (Å²) in [6.07, 6.45) is 3.93. The van der Waals surface area contributed by atoms with E-state index < -0.39 is 12.0 Å². The minimum absolute atomic E-state index is 0.0790. The van der Waals surface area contributed by atoms with E-state index in [-0.39, 0.29) is 11.8 Å². The molecule has 3 heterocycles. The highest BCUT2D eigenvalue weighted by atomic mass is 32.1. The number of aromatic nitrogens is 1. The van der Waals surface area contributed by atoms with Gasteiger partial charge >= 0.3 is 0 Å². The maximum atomic E-state index is 13.9. The van der Waals surface area contributed by atoms with Crippen LogP contribution in [0.2, 0.25) is 0 Å². The van der Waals surface area contributed by atoms with Gasteiger partial charge in [0.2, 0.25) is 5.91 Å². The third-order valence-corrected chi connectivity index (χ3v) is 7.05. The molecule has 0 saturated carbocycles. The highest BCUT2D eigenvalue weighted by Gasteiger charge is 2.44. The topological polar surface area (TPSA) is 63.6 Å². The number of thiophene rings is 1. The first-order valence-corrected chi connectivity index (χ1v) is 12.0. The van der Waals surface area contributed by atoms with Crippen LogP contribution in [0, 0.1) is 0 Å². The molecule has 0 radical (unpaired) electrons. The van der Waals surface area contributed by atoms with Crippen molar-refractivity contribution in [3.8, 4) is 5.69 Å². The first-order chi connectivity index (χ1) is 16.7. The van der Waals surface area contributed by atoms with Gasteiger partial charge in [0, 0.05) is 47.9 Å². The summed E-state index contributed by atoms with van der Waals surface area (Å²) < 4.78 is 7.28. The van der Waals surface area contributed by atoms with Crippen molar-refractivity contribution < 1.29 is 14.3 Å². The van der Waals surface area contributed by atoms with Crippen molar-refractivity contribution in [3.63, 3.8) is 0 Å². The molecule has 6 nitrogen and oxygen atoms in total. The zero-order valence-corrected chi connectivity index (χ0v) is 19.6. The lowest BCUT2D eigenvalue weighted by molar-refractivity contribution is -0.119. The Hall–Kier alpha value is -3.68. The van der Waals surface area contributed by atoms with Gasteiger partial charge in [0.15, 0.2) is 0 Å². The standard InChI is InChI=1S/C27H25N3O3S/c1-33-16-15-30-25(23-12-7-17-34-23)24(21-10-2-3-11-22(21)27(30)32)26(31)28-19-8-6-9-20(18-19)29-13-4-5-14-29/h2-14,17-18,24-25H,15-16H2,1H3,(H,28,31). The average Bonchev–Trinajstić information content (AvgIpc) is 3.58. The summed E-state index contributed by atoms with van der Waals surface area (Å²) in [5.41, 5.74) is 2.98. The Balaban J connectivity index is 1.54. The number of hydrogen-bond donors (Lipinski definition) is 1. The number of fused-ring (bicyclic) bond motifs is 1. The molecule has 2 atom stereocenters. The van der Waals surface area contributed by atoms with E-state index in [0.717, 1.165) is 16.1 Å². The third-order valence-electron chi connectivity index (χ3n) is 6.11. The SMILES string of the molecule is COCCN1C(=O)c2ccccc2C(C(=O)Nc2cccc(-n3cccc3)c2)C1c1cccs1. The molecule has 5 rings (SSSR count). The molecule has 2 amide bonds. The van der Waals surface area contributed by atoms with E-state index in [9.17, 15) is 9.59 Å². The first-order valence-electron chi connectivity index (χ1n) is 11.1. The Morgan fingerprint density at radius 3 is 2.62 bits per heavy atom. The van der Waals surface area contributed by atoms with Crippen LogP contribution in [0.25, 0.3) is 5.69 Å². The highest BCUT2D eigenvalue weighted by Crippen LogP contribution is 2.44. The van der Waals surface area contributed by atoms with E-state index in [4.69, 9.17) is 4.74 Å². The van der Waals surface area contributed by atoms with Crippen LogP contribution in [0.5, 0.6) is 0 Å². The zero-order valence-electron chi connectivity index (χ0n) is 18.8. The minimum atomic E-state index is -0.556. The molecule has 1 aliphatic rings. The number of rotatable bonds is 7. The van der Waals surface area contributed by atoms with E-state index in [0.29, 0.717) is 24.4 Å². The lowest BCUT2D eigenvalue weighted by Crippen LogP contribution is -2.47. The monoisotopic (exact) mass is 471 g/mol. The van der Waals surface area contributed by atoms with E-state index >= 15 is 0 Å². The second-order valence-corrected chi connectivity index (χ2v) is 9.13. The average molecular weight is 472 g/mol. The smallest absolute Gasteiger partial charge is 0.254 e. The van der Waals surface area contributed by atoms with Crippen molar-refractivity contribution in [1.82, 2.24) is 9.47 Å². The molecule has 2 unspecified atom stereocenters. The second kappa shape index (κ2) is 9.67. The number of methoxy groups -OCH3 is 1. The lowest BCUT2D eigenvalue weighted by Gasteiger charge is -2.41. The second-order valence-electron chi connectivity index (χ2n) is 8.15. The fraction of sp³-hybridized carbons (Fsp3) is 0.185. The quantitative estimate of drug-likeness (QED) is 0.408. The maximum Gasteiger partial charge on any atom is 0.254 e. The molecule has 0 saturated heterocycles. The van der Waals surface area contributed by atoms with Crippen LogP contribution in [0.4, 0.5) is 5.69 Å². The molecule has 0 spiro atoms. The Kier molecular flexibility index (Phi) is 6.29. The van der Waals surface area contributed by atoms with Crippen LogP contribution in [-0.4, -0.2) is 41.5 Å². The molecule has 1 N–H and O–H groups in total. The highest BCUT2D eigenvalue weighted by molar-refractivity contribution is 7.10. The van der Waals surface area contributed by atoms with Crippen molar-refractivity contribution in [2.75, 3.05) is 25.6 Å². The Bertz CT molecular complexity index is 1280. The van der Waals surface area contributed by atoms with Crippen LogP contribution in [0.15, 0.2) is 90.6 Å². The fourth-order valence-electron chi connectivity index (χ4n) is 4.56. The summed E-state index contributed by atoms with van der Waals surface area (Å²) in [7, 11) is 1.62. The van der Waals surface area contributed by atoms with Gasteiger partial charge in [-0.15, -0.1) is 11.3 Å². The van der Waals surface area contributed by atoms with Crippen LogP contribution < -0.4 is 5.32 Å². The summed E-state index contributed by atoms with van der Waals surface area (Å²) >= 11 is 1.55. The van der Waals surface area contributed by atoms with E-state index in [2.05, 4.69) is 5.32 Å². The number of carbonyl (C=O) groups excluding carboxylic acids is 2. The number of carbonyl (C=O) groups is 2. The zero-order chi connectivity index (χ0) is 23.5. The van der Waals surface area contributed by atoms with Crippen LogP contribution in [0.3, 0.4) is 0 Å². The van der Waals surface area contributed by atoms with Crippen molar-refractivity contribution in [2.45, 2.75) is 12.0 Å². The molecule has 0 bridgehead atoms. The molecule has 7 heteroatoms. The third kappa shape index (κ3) is 4.16. The minimum Gasteiger partial charge on any atom is -0.383 e. The van der Waals surface area contributed by atoms with Crippen LogP contribution >= 0.6 is 11.3 Å². The van der Waals surface area contributed by atoms with Gasteiger partial charge in [-0.1, -0.05) is 30.3 Å². The predicted molar refractivity (Wildman–Crippen MR) is 134 cm³/mol. The molecule has 1 aliphatic heterocycles. The molecule has 2 aromatic carbocycles. The number of amides is 2. The Morgan fingerprint density at radius 1 is 1.03 bits per heavy atom. The van der Waals surface area contributed by atoms with Crippen LogP contribution in [0.1, 0.15) is 32.8 Å². The number of anilines is 1. The van der Waals surface area contributed by atoms with Gasteiger partial charge in [0.1, 0.15) is 0 Å². The Morgan fingerprint density at radius 2 is 1.85 bits per heavy atom. The van der Waals surface area contributed by atoms with Crippen molar-refractivity contribution in [1.29, 1.82) is 0 Å². The number of ether oxygens (including phenoxy) is 1. The van der Waals surface area contributed by atoms with Gasteiger partial charge in [-0.05, 0) is 53.4 Å². The Labute approximate surface area is 202 Å². The normalized spacial score (nSPS) is 17.4. The molecule has 0 fully saturated rings. The summed E-state index contributed by atoms with van der Waals surface area (Å²) in [4.78, 5) is 30.1. The molecule has 34 heavy (non-hydrogen) atoms. The number of hydrogen-bond acceptors (Lipinski definition) is 4. The molecule has 172 valence electrons. The van der Waals surface area contributed by atoms with Crippen molar-refractivity contribution in [3.05, 3.63) is 107 Å². The largest absolute Gasteiger partial charge is 0.383 e. The number of nitrogens with zero attached hydrogens (tertiary/aromatic N) is 2. The summed E-state index contributed by atoms with van der Waals surface area (Å²) in [5, 5.41) is 5.10. The summed E-state index contributed by atoms with van der Waals surface area (Å²) in [6.45, 7) is 0.794. The molecular formula is C27H25N3O3S. The summed E-state index contributed by atoms with van der Waals surface area (Å²) in [5.74, 6) is -0.783. The van der Waals surface area contributed by atoms with E-state index in [1.807, 2.05) is 89.1 Å². The van der Waals surface area contributed by atoms with E-state index in [1.54, 1.807) is 29.4 Å². The fourth-order valence-corrected chi connectivity index (χ4v) is 5.43. The van der Waals surface area contributed by atoms with Crippen LogP contribution in [-0.2, 0) is 9.53 Å². The predicted octanol–water partition coefficient (Wildman–Crippen LogP) is 5.10. The number of benzene rings is 2. The number of nitrogens with one attached hydrogen (secondary N) is 1. The van der Waals surface area contributed by atoms with Crippen molar-refractivity contribution in [2.24, 2.45) is 0 Å². The molecule has 0 aliphatic carbocycles. The van der Waals surface area contributed by atoms with Gasteiger partial charge in [0.25, 0.3) is 5.91 Å². The molecule has 4 aromatic rings. The molecule has 2 aromatic heterocycles. The van der Waals surface area contributed by atoms with E-state index in [1.165, 1.54) is 0 Å². The summed E-state index contributed by atoms with van der Waals surface area (Å²) in [6, 6.07) is 22.6. The van der Waals surface area contributed by atoms with Crippen molar-refractivity contribution >= 4 is 28.8 Å². The van der Waals surface area contributed by atoms with Gasteiger partial charge in [-0.3, -0.25) is 9.59 Å². The lowest BCUT2D eigenvalue weighted by atomic mass is 9.81. The van der Waals surface area contributed by atoms with Gasteiger partial charge in [0.05, 0.1) is 18.6 Å². The maximum absolute atomic E-state index is 13.9. The van der Waals surface area contributed by atoms with Gasteiger partial charge in [-0.2, -0.15) is 0 Å². The van der Waals surface area contributed by atoms with Gasteiger partial charge < -0.3 is 19.5 Å².